The molecule has 1 N–H and O–H groups in total. The van der Waals surface area contributed by atoms with Gasteiger partial charge < -0.3 is 10.0 Å². The number of rotatable bonds is 4. The largest absolute Gasteiger partial charge is 0.391 e. The molecule has 17 heavy (non-hydrogen) atoms. The van der Waals surface area contributed by atoms with Crippen LogP contribution in [-0.2, 0) is 0 Å². The van der Waals surface area contributed by atoms with Crippen LogP contribution >= 0.6 is 27.5 Å². The maximum absolute atomic E-state index is 12.2. The van der Waals surface area contributed by atoms with Crippen LogP contribution in [-0.4, -0.2) is 40.0 Å². The summed E-state index contributed by atoms with van der Waals surface area (Å²) in [7, 11) is 1.72. The number of aliphatic hydroxyl groups is 1. The van der Waals surface area contributed by atoms with E-state index in [-0.39, 0.29) is 5.91 Å². The van der Waals surface area contributed by atoms with Gasteiger partial charge in [-0.2, -0.15) is 4.37 Å². The number of hydrogen-bond acceptors (Lipinski definition) is 4. The molecular formula is C11H15BrN2O2S. The molecule has 1 aromatic heterocycles. The molecule has 1 aliphatic carbocycles. The second-order valence-electron chi connectivity index (χ2n) is 4.51. The van der Waals surface area contributed by atoms with Gasteiger partial charge >= 0.3 is 0 Å². The number of aryl methyl sites for hydroxylation is 1. The quantitative estimate of drug-likeness (QED) is 0.924. The average molecular weight is 319 g/mol. The van der Waals surface area contributed by atoms with Crippen LogP contribution in [0.3, 0.4) is 0 Å². The van der Waals surface area contributed by atoms with Crippen molar-refractivity contribution in [2.24, 2.45) is 5.92 Å². The SMILES string of the molecule is Cc1nsc(Br)c1C(=O)N(C)CC(O)C1CC1. The van der Waals surface area contributed by atoms with Crippen molar-refractivity contribution in [2.45, 2.75) is 25.9 Å². The van der Waals surface area contributed by atoms with E-state index in [0.717, 1.165) is 22.3 Å². The Kier molecular flexibility index (Phi) is 3.85. The molecule has 1 saturated carbocycles. The third-order valence-corrected chi connectivity index (χ3v) is 4.57. The highest BCUT2D eigenvalue weighted by molar-refractivity contribution is 9.11. The second-order valence-corrected chi connectivity index (χ2v) is 6.60. The van der Waals surface area contributed by atoms with Gasteiger partial charge in [0.25, 0.3) is 5.91 Å². The second kappa shape index (κ2) is 5.04. The summed E-state index contributed by atoms with van der Waals surface area (Å²) in [6.45, 7) is 2.21. The first-order valence-electron chi connectivity index (χ1n) is 5.56. The number of nitrogens with zero attached hydrogens (tertiary/aromatic N) is 2. The summed E-state index contributed by atoms with van der Waals surface area (Å²) < 4.78 is 4.89. The number of likely N-dealkylation sites (N-methyl/N-ethyl adjacent to an activating group) is 1. The van der Waals surface area contributed by atoms with E-state index < -0.39 is 6.10 Å². The van der Waals surface area contributed by atoms with Crippen molar-refractivity contribution >= 4 is 33.4 Å². The van der Waals surface area contributed by atoms with E-state index in [1.54, 1.807) is 11.9 Å². The van der Waals surface area contributed by atoms with Gasteiger partial charge in [-0.25, -0.2) is 0 Å². The summed E-state index contributed by atoms with van der Waals surface area (Å²) in [5.74, 6) is 0.304. The van der Waals surface area contributed by atoms with Crippen molar-refractivity contribution in [3.63, 3.8) is 0 Å². The van der Waals surface area contributed by atoms with E-state index in [1.807, 2.05) is 6.92 Å². The number of carbonyl (C=O) groups excluding carboxylic acids is 1. The minimum absolute atomic E-state index is 0.0807. The lowest BCUT2D eigenvalue weighted by Gasteiger charge is -2.20. The van der Waals surface area contributed by atoms with Crippen LogP contribution in [0, 0.1) is 12.8 Å². The molecule has 0 spiro atoms. The minimum atomic E-state index is -0.394. The van der Waals surface area contributed by atoms with E-state index in [0.29, 0.717) is 18.0 Å². The molecule has 1 heterocycles. The molecule has 94 valence electrons. The maximum Gasteiger partial charge on any atom is 0.257 e. The summed E-state index contributed by atoms with van der Waals surface area (Å²) in [5, 5.41) is 9.83. The smallest absolute Gasteiger partial charge is 0.257 e. The Bertz CT molecular complexity index is 412. The Balaban J connectivity index is 2.03. The summed E-state index contributed by atoms with van der Waals surface area (Å²) in [6.07, 6.45) is 1.76. The van der Waals surface area contributed by atoms with Crippen molar-refractivity contribution in [2.75, 3.05) is 13.6 Å². The molecule has 0 bridgehead atoms. The standard InChI is InChI=1S/C11H15BrN2O2S/c1-6-9(10(12)17-13-6)11(16)14(2)5-8(15)7-3-4-7/h7-8,15H,3-5H2,1-2H3. The van der Waals surface area contributed by atoms with E-state index >= 15 is 0 Å². The Labute approximate surface area is 113 Å². The lowest BCUT2D eigenvalue weighted by atomic mass is 10.2. The van der Waals surface area contributed by atoms with Gasteiger partial charge in [-0.3, -0.25) is 4.79 Å². The van der Waals surface area contributed by atoms with Crippen LogP contribution in [0.5, 0.6) is 0 Å². The van der Waals surface area contributed by atoms with Gasteiger partial charge in [-0.05, 0) is 53.1 Å². The van der Waals surface area contributed by atoms with E-state index in [1.165, 1.54) is 11.5 Å². The third kappa shape index (κ3) is 2.86. The van der Waals surface area contributed by atoms with Crippen molar-refractivity contribution < 1.29 is 9.90 Å². The molecule has 1 atom stereocenters. The van der Waals surface area contributed by atoms with Gasteiger partial charge in [0.05, 0.1) is 17.4 Å². The van der Waals surface area contributed by atoms with Crippen LogP contribution < -0.4 is 0 Å². The highest BCUT2D eigenvalue weighted by Crippen LogP contribution is 2.33. The zero-order valence-electron chi connectivity index (χ0n) is 9.81. The molecule has 1 unspecified atom stereocenters. The van der Waals surface area contributed by atoms with Gasteiger partial charge in [-0.1, -0.05) is 0 Å². The van der Waals surface area contributed by atoms with Gasteiger partial charge in [0.1, 0.15) is 3.79 Å². The van der Waals surface area contributed by atoms with Crippen LogP contribution in [0.2, 0.25) is 0 Å². The van der Waals surface area contributed by atoms with E-state index in [9.17, 15) is 9.90 Å². The zero-order chi connectivity index (χ0) is 12.6. The van der Waals surface area contributed by atoms with Crippen molar-refractivity contribution in [1.82, 2.24) is 9.27 Å². The zero-order valence-corrected chi connectivity index (χ0v) is 12.2. The third-order valence-electron chi connectivity index (χ3n) is 3.01. The molecule has 1 aliphatic rings. The average Bonchev–Trinajstić information content (AvgIpc) is 3.05. The summed E-state index contributed by atoms with van der Waals surface area (Å²) in [5.41, 5.74) is 1.35. The molecular weight excluding hydrogens is 304 g/mol. The number of aliphatic hydroxyl groups excluding tert-OH is 1. The Hall–Kier alpha value is -0.460. The topological polar surface area (TPSA) is 53.4 Å². The van der Waals surface area contributed by atoms with Gasteiger partial charge in [0.15, 0.2) is 0 Å². The maximum atomic E-state index is 12.2. The summed E-state index contributed by atoms with van der Waals surface area (Å²) in [4.78, 5) is 13.8. The lowest BCUT2D eigenvalue weighted by Crippen LogP contribution is -2.35. The van der Waals surface area contributed by atoms with Crippen molar-refractivity contribution in [3.8, 4) is 0 Å². The molecule has 0 aromatic carbocycles. The predicted molar refractivity (Wildman–Crippen MR) is 70.2 cm³/mol. The van der Waals surface area contributed by atoms with Crippen LogP contribution in [0.15, 0.2) is 3.79 Å². The van der Waals surface area contributed by atoms with Crippen molar-refractivity contribution in [3.05, 3.63) is 15.0 Å². The van der Waals surface area contributed by atoms with Crippen molar-refractivity contribution in [1.29, 1.82) is 0 Å². The Morgan fingerprint density at radius 3 is 2.82 bits per heavy atom. The highest BCUT2D eigenvalue weighted by Gasteiger charge is 2.32. The fourth-order valence-electron chi connectivity index (χ4n) is 1.77. The normalized spacial score (nSPS) is 16.9. The van der Waals surface area contributed by atoms with E-state index in [2.05, 4.69) is 20.3 Å². The molecule has 0 radical (unpaired) electrons. The molecule has 0 saturated heterocycles. The Morgan fingerprint density at radius 1 is 1.71 bits per heavy atom. The molecule has 4 nitrogen and oxygen atoms in total. The fraction of sp³-hybridized carbons (Fsp3) is 0.636. The molecule has 1 amide bonds. The fourth-order valence-corrected chi connectivity index (χ4v) is 3.07. The lowest BCUT2D eigenvalue weighted by molar-refractivity contribution is 0.0644. The summed E-state index contributed by atoms with van der Waals surface area (Å²) in [6, 6.07) is 0. The van der Waals surface area contributed by atoms with Crippen LogP contribution in [0.25, 0.3) is 0 Å². The number of halogens is 1. The first-order chi connectivity index (χ1) is 8.00. The first-order valence-corrected chi connectivity index (χ1v) is 7.12. The number of carbonyl (C=O) groups is 1. The monoisotopic (exact) mass is 318 g/mol. The molecule has 2 rings (SSSR count). The molecule has 1 aromatic rings. The van der Waals surface area contributed by atoms with Gasteiger partial charge in [0, 0.05) is 13.6 Å². The van der Waals surface area contributed by atoms with Crippen LogP contribution in [0.1, 0.15) is 28.9 Å². The molecule has 6 heteroatoms. The van der Waals surface area contributed by atoms with Crippen LogP contribution in [0.4, 0.5) is 0 Å². The molecule has 1 fully saturated rings. The number of amides is 1. The minimum Gasteiger partial charge on any atom is -0.391 e. The predicted octanol–water partition coefficient (Wildman–Crippen LogP) is 2.06. The number of hydrogen-bond donors (Lipinski definition) is 1. The first kappa shape index (κ1) is 13.0. The van der Waals surface area contributed by atoms with Gasteiger partial charge in [0.2, 0.25) is 0 Å². The number of aromatic nitrogens is 1. The van der Waals surface area contributed by atoms with E-state index in [4.69, 9.17) is 0 Å². The Morgan fingerprint density at radius 2 is 2.35 bits per heavy atom. The highest BCUT2D eigenvalue weighted by atomic mass is 79.9. The molecule has 0 aliphatic heterocycles. The summed E-state index contributed by atoms with van der Waals surface area (Å²) >= 11 is 4.61. The van der Waals surface area contributed by atoms with Gasteiger partial charge in [-0.15, -0.1) is 0 Å².